The first-order chi connectivity index (χ1) is 43.1. The molecule has 0 spiro atoms. The Morgan fingerprint density at radius 1 is 0.473 bits per heavy atom. The second kappa shape index (κ2) is 43.3. The number of nitrogens with zero attached hydrogens (tertiary/aromatic N) is 4. The molecule has 0 radical (unpaired) electrons. The fourth-order valence-corrected chi connectivity index (χ4v) is 9.62. The number of phenols is 1. The molecule has 1 saturated heterocycles. The van der Waals surface area contributed by atoms with Gasteiger partial charge in [0.1, 0.15) is 48.0 Å². The van der Waals surface area contributed by atoms with Gasteiger partial charge in [-0.1, -0.05) is 26.0 Å². The third-order valence-electron chi connectivity index (χ3n) is 14.0. The first kappa shape index (κ1) is 79.6. The number of phenolic OH excluding ortho intramolecular Hbond substituents is 1. The lowest BCUT2D eigenvalue weighted by Gasteiger charge is -2.32. The molecule has 1 aliphatic heterocycles. The number of amides is 10. The number of thiol groups is 2. The lowest BCUT2D eigenvalue weighted by Crippen LogP contribution is -2.60. The second-order valence-corrected chi connectivity index (χ2v) is 22.8. The molecule has 10 amide bonds. The Labute approximate surface area is 537 Å². The molecule has 1 heterocycles. The Balaban J connectivity index is 2.22. The maximum atomic E-state index is 14.4. The van der Waals surface area contributed by atoms with Crippen molar-refractivity contribution in [3.8, 4) is 5.75 Å². The van der Waals surface area contributed by atoms with Gasteiger partial charge >= 0.3 is 17.9 Å². The van der Waals surface area contributed by atoms with Gasteiger partial charge in [-0.3, -0.25) is 81.9 Å². The Morgan fingerprint density at radius 3 is 1.30 bits per heavy atom. The number of aliphatic hydroxyl groups is 2. The Morgan fingerprint density at radius 2 is 0.846 bits per heavy atom. The molecule has 34 nitrogen and oxygen atoms in total. The van der Waals surface area contributed by atoms with Gasteiger partial charge in [-0.15, -0.1) is 0 Å². The van der Waals surface area contributed by atoms with Gasteiger partial charge in [0.15, 0.2) is 0 Å². The molecule has 512 valence electrons. The highest BCUT2D eigenvalue weighted by molar-refractivity contribution is 7.80. The molecular formula is C55H91N15O19S2. The van der Waals surface area contributed by atoms with Crippen molar-refractivity contribution in [3.05, 3.63) is 29.8 Å². The van der Waals surface area contributed by atoms with Crippen molar-refractivity contribution in [2.75, 3.05) is 123 Å². The van der Waals surface area contributed by atoms with Crippen LogP contribution in [0.5, 0.6) is 5.75 Å². The monoisotopic (exact) mass is 1330 g/mol. The van der Waals surface area contributed by atoms with Crippen LogP contribution in [0.1, 0.15) is 57.9 Å². The lowest BCUT2D eigenvalue weighted by atomic mass is 10.00. The molecule has 0 unspecified atom stereocenters. The maximum absolute atomic E-state index is 14.4. The summed E-state index contributed by atoms with van der Waals surface area (Å²) in [5.74, 6) is -12.6. The van der Waals surface area contributed by atoms with E-state index in [1.165, 1.54) is 24.3 Å². The van der Waals surface area contributed by atoms with Crippen LogP contribution in [0.25, 0.3) is 0 Å². The highest BCUT2D eigenvalue weighted by Crippen LogP contribution is 2.14. The van der Waals surface area contributed by atoms with E-state index in [2.05, 4.69) is 73.1 Å². The molecule has 19 N–H and O–H groups in total. The van der Waals surface area contributed by atoms with Crippen molar-refractivity contribution in [2.24, 2.45) is 17.4 Å². The molecule has 7 atom stereocenters. The average Bonchev–Trinajstić information content (AvgIpc) is 1.51. The van der Waals surface area contributed by atoms with E-state index in [9.17, 15) is 93.0 Å². The third kappa shape index (κ3) is 32.9. The van der Waals surface area contributed by atoms with Gasteiger partial charge in [0.05, 0.1) is 52.5 Å². The van der Waals surface area contributed by atoms with E-state index in [1.54, 1.807) is 33.4 Å². The summed E-state index contributed by atoms with van der Waals surface area (Å²) in [5.41, 5.74) is 11.5. The van der Waals surface area contributed by atoms with Crippen molar-refractivity contribution >= 4 is 102 Å². The summed E-state index contributed by atoms with van der Waals surface area (Å²) in [4.78, 5) is 175. The normalized spacial score (nSPS) is 16.0. The quantitative estimate of drug-likeness (QED) is 0.0214. The van der Waals surface area contributed by atoms with Crippen molar-refractivity contribution in [1.82, 2.24) is 67.5 Å². The number of nitrogens with two attached hydrogens (primary N) is 2. The van der Waals surface area contributed by atoms with Crippen molar-refractivity contribution in [1.29, 1.82) is 0 Å². The standard InChI is InChI=1S/C55H91N15O19S2/c1-33(2)23-39(53(87)63-38(11-22-91)52(86)66-42(32-72)55(89)62-36(10-21-90)49(57)83)64-54(88)40(24-34-6-8-35(73)9-7-34)65-51(85)37(5-3-4-12-56)60-44(75)26-59-50(84)41(31-71)61-43(74)25-58-45(76)27-67-13-15-68(28-46(77)78)17-19-70(30-48(81)82)20-18-69(16-14-67)29-47(79)80/h6-9,33,36-42,71-73,90-91H,3-5,10-32,56H2,1-2H3,(H2,57,83)(H,58,76)(H,59,84)(H,60,75)(H,61,74)(H,62,89)(H,63,87)(H,64,88)(H,65,85)(H,66,86)(H,77,78)(H,79,80)(H,81,82)/t36-,37-,38-,39-,40-,41-,42-/m0/s1. The zero-order valence-corrected chi connectivity index (χ0v) is 52.9. The summed E-state index contributed by atoms with van der Waals surface area (Å²) in [7, 11) is 0. The third-order valence-corrected chi connectivity index (χ3v) is 14.5. The summed E-state index contributed by atoms with van der Waals surface area (Å²) in [5, 5.41) is 80.5. The van der Waals surface area contributed by atoms with E-state index in [4.69, 9.17) is 11.5 Å². The Kier molecular flexibility index (Phi) is 37.9. The van der Waals surface area contributed by atoms with Crippen LogP contribution in [0.3, 0.4) is 0 Å². The molecule has 91 heavy (non-hydrogen) atoms. The second-order valence-electron chi connectivity index (χ2n) is 21.9. The van der Waals surface area contributed by atoms with Gasteiger partial charge in [0, 0.05) is 58.8 Å². The van der Waals surface area contributed by atoms with Crippen molar-refractivity contribution in [2.45, 2.75) is 101 Å². The molecule has 0 bridgehead atoms. The minimum atomic E-state index is -1.65. The van der Waals surface area contributed by atoms with E-state index in [0.29, 0.717) is 12.0 Å². The molecule has 2 rings (SSSR count). The molecule has 1 aromatic rings. The number of carbonyl (C=O) groups excluding carboxylic acids is 10. The minimum absolute atomic E-state index is 0.00623. The number of benzene rings is 1. The van der Waals surface area contributed by atoms with Gasteiger partial charge in [-0.25, -0.2) is 0 Å². The van der Waals surface area contributed by atoms with Crippen molar-refractivity contribution in [3.63, 3.8) is 0 Å². The zero-order valence-electron chi connectivity index (χ0n) is 51.1. The van der Waals surface area contributed by atoms with Gasteiger partial charge in [-0.05, 0) is 80.2 Å². The number of unbranched alkanes of at least 4 members (excludes halogenated alkanes) is 1. The minimum Gasteiger partial charge on any atom is -0.508 e. The predicted octanol–water partition coefficient (Wildman–Crippen LogP) is -7.68. The molecule has 0 saturated carbocycles. The van der Waals surface area contributed by atoms with Crippen LogP contribution in [-0.4, -0.2) is 292 Å². The van der Waals surface area contributed by atoms with E-state index < -0.39 is 159 Å². The number of primary amides is 1. The number of hydrogen-bond acceptors (Lipinski definition) is 23. The van der Waals surface area contributed by atoms with Crippen LogP contribution in [0.15, 0.2) is 24.3 Å². The number of carboxylic acids is 3. The summed E-state index contributed by atoms with van der Waals surface area (Å²) in [6.07, 6.45) is 0.350. The molecular weight excluding hydrogens is 1240 g/mol. The van der Waals surface area contributed by atoms with E-state index >= 15 is 0 Å². The van der Waals surface area contributed by atoms with Gasteiger partial charge in [-0.2, -0.15) is 25.3 Å². The van der Waals surface area contributed by atoms with Crippen LogP contribution in [0.2, 0.25) is 0 Å². The van der Waals surface area contributed by atoms with Crippen LogP contribution < -0.4 is 59.3 Å². The van der Waals surface area contributed by atoms with E-state index in [0.717, 1.165) is 0 Å². The topological polar surface area (TPSA) is 517 Å². The first-order valence-electron chi connectivity index (χ1n) is 29.5. The number of carboxylic acid groups (broad SMARTS) is 3. The van der Waals surface area contributed by atoms with Crippen LogP contribution >= 0.6 is 25.3 Å². The van der Waals surface area contributed by atoms with Crippen molar-refractivity contribution < 1.29 is 93.0 Å². The first-order valence-corrected chi connectivity index (χ1v) is 30.8. The molecule has 0 aromatic heterocycles. The molecule has 1 aromatic carbocycles. The number of hydrogen-bond donors (Lipinski definition) is 19. The van der Waals surface area contributed by atoms with E-state index in [1.807, 2.05) is 0 Å². The van der Waals surface area contributed by atoms with Crippen LogP contribution in [-0.2, 0) is 68.7 Å². The summed E-state index contributed by atoms with van der Waals surface area (Å²) >= 11 is 8.25. The number of aliphatic carboxylic acids is 3. The summed E-state index contributed by atoms with van der Waals surface area (Å²) in [6.45, 7) is -0.116. The Hall–Kier alpha value is -7.45. The summed E-state index contributed by atoms with van der Waals surface area (Å²) in [6, 6.07) is -4.36. The summed E-state index contributed by atoms with van der Waals surface area (Å²) < 4.78 is 0. The number of rotatable bonds is 40. The van der Waals surface area contributed by atoms with Crippen LogP contribution in [0, 0.1) is 5.92 Å². The fourth-order valence-electron chi connectivity index (χ4n) is 9.11. The molecule has 1 aliphatic rings. The molecule has 0 aliphatic carbocycles. The zero-order chi connectivity index (χ0) is 68.2. The maximum Gasteiger partial charge on any atom is 0.317 e. The number of aliphatic hydroxyl groups excluding tert-OH is 2. The highest BCUT2D eigenvalue weighted by atomic mass is 32.1. The SMILES string of the molecule is CC(C)C[C@H](NC(=O)[C@H](Cc1ccc(O)cc1)NC(=O)[C@H](CCCCN)NC(=O)CNC(=O)[C@H](CO)NC(=O)CNC(=O)CN1CCN(CC(=O)O)CCN(CC(=O)O)CCN(CC(=O)O)CC1)C(=O)N[C@@H](CCS)C(=O)N[C@@H](CO)C(=O)N[C@@H](CCS)C(N)=O. The average molecular weight is 1330 g/mol. The largest absolute Gasteiger partial charge is 0.508 e. The number of carbonyl (C=O) groups is 13. The molecule has 36 heteroatoms. The predicted molar refractivity (Wildman–Crippen MR) is 333 cm³/mol. The highest BCUT2D eigenvalue weighted by Gasteiger charge is 2.34. The molecule has 1 fully saturated rings. The lowest BCUT2D eigenvalue weighted by molar-refractivity contribution is -0.140. The van der Waals surface area contributed by atoms with Crippen LogP contribution in [0.4, 0.5) is 0 Å². The fraction of sp³-hybridized carbons (Fsp3) is 0.655. The number of nitrogens with one attached hydrogen (secondary N) is 9. The van der Waals surface area contributed by atoms with E-state index in [-0.39, 0.29) is 134 Å². The Bertz CT molecular complexity index is 2550. The van der Waals surface area contributed by atoms with Gasteiger partial charge < -0.3 is 90.0 Å². The van der Waals surface area contributed by atoms with Gasteiger partial charge in [0.25, 0.3) is 0 Å². The number of aromatic hydroxyl groups is 1. The smallest absolute Gasteiger partial charge is 0.317 e. The van der Waals surface area contributed by atoms with Gasteiger partial charge in [0.2, 0.25) is 59.1 Å².